The molecule has 3 fully saturated rings. The Morgan fingerprint density at radius 3 is 2.36 bits per heavy atom. The second kappa shape index (κ2) is 12.4. The van der Waals surface area contributed by atoms with Crippen LogP contribution in [0, 0.1) is 17.3 Å². The predicted octanol–water partition coefficient (Wildman–Crippen LogP) is 6.63. The van der Waals surface area contributed by atoms with E-state index in [0.717, 1.165) is 60.1 Å². The number of carboxylic acid groups (broad SMARTS) is 1. The number of carboxylic acids is 1. The molecule has 8 nitrogen and oxygen atoms in total. The number of nitrogens with one attached hydrogen (secondary N) is 1. The van der Waals surface area contributed by atoms with Gasteiger partial charge in [0.2, 0.25) is 5.91 Å². The van der Waals surface area contributed by atoms with Gasteiger partial charge in [0.25, 0.3) is 0 Å². The molecule has 1 aliphatic heterocycles. The molecule has 234 valence electrons. The summed E-state index contributed by atoms with van der Waals surface area (Å²) >= 11 is 0. The van der Waals surface area contributed by atoms with Crippen molar-refractivity contribution in [1.82, 2.24) is 20.0 Å². The molecule has 2 aliphatic carbocycles. The van der Waals surface area contributed by atoms with E-state index < -0.39 is 23.5 Å². The summed E-state index contributed by atoms with van der Waals surface area (Å²) in [4.78, 5) is 29.3. The number of aliphatic carboxylic acids is 1. The first-order valence-corrected chi connectivity index (χ1v) is 16.2. The molecule has 6 rings (SSSR count). The van der Waals surface area contributed by atoms with Gasteiger partial charge in [-0.25, -0.2) is 4.79 Å². The zero-order valence-electron chi connectivity index (χ0n) is 26.4. The van der Waals surface area contributed by atoms with Gasteiger partial charge < -0.3 is 20.1 Å². The molecule has 44 heavy (non-hydrogen) atoms. The highest BCUT2D eigenvalue weighted by Crippen LogP contribution is 2.49. The van der Waals surface area contributed by atoms with Crippen molar-refractivity contribution in [1.29, 1.82) is 0 Å². The van der Waals surface area contributed by atoms with E-state index in [9.17, 15) is 14.7 Å². The number of likely N-dealkylation sites (tertiary alicyclic amines) is 1. The molecule has 1 saturated heterocycles. The van der Waals surface area contributed by atoms with Crippen LogP contribution in [0.15, 0.2) is 60.9 Å². The van der Waals surface area contributed by atoms with E-state index in [1.807, 2.05) is 42.6 Å². The molecule has 2 saturated carbocycles. The molecule has 0 spiro atoms. The summed E-state index contributed by atoms with van der Waals surface area (Å²) in [6, 6.07) is 15.0. The minimum atomic E-state index is -0.938. The number of aromatic nitrogens is 2. The fourth-order valence-corrected chi connectivity index (χ4v) is 7.64. The number of rotatable bonds is 9. The molecule has 8 heteroatoms. The molecule has 1 aromatic heterocycles. The first-order chi connectivity index (χ1) is 21.2. The Labute approximate surface area is 260 Å². The van der Waals surface area contributed by atoms with E-state index in [1.165, 1.54) is 12.8 Å². The Bertz CT molecular complexity index is 1470. The standard InChI is InChI=1S/C36H46N4O4/c1-36(2,3)30-31(37-20-26-19-25(15-18-29(26)44-4)27-21-38-39(22-27)28-16-17-28)32(23-11-7-5-8-12-23)40(33(30)35(42)43)34(41)24-13-9-6-10-14-24/h5,7-8,11-12,15,18-19,21-22,24,28,30-33,37H,6,9-10,13-14,16-17,20H2,1-4H3,(H,42,43)/t30-,31-,32-,33-/m0/s1. The highest BCUT2D eigenvalue weighted by Gasteiger charge is 2.58. The van der Waals surface area contributed by atoms with Gasteiger partial charge in [0.1, 0.15) is 11.8 Å². The monoisotopic (exact) mass is 598 g/mol. The SMILES string of the molecule is COc1ccc(-c2cnn(C3CC3)c2)cc1CN[C@H]1[C@H](C(C)(C)C)[C@@H](C(=O)O)N(C(=O)C2CCCCC2)[C@H]1c1ccccc1. The molecular weight excluding hydrogens is 552 g/mol. The van der Waals surface area contributed by atoms with Gasteiger partial charge in [-0.15, -0.1) is 0 Å². The third-order valence-corrected chi connectivity index (χ3v) is 9.93. The number of amides is 1. The average Bonchev–Trinajstić information content (AvgIpc) is 3.64. The zero-order valence-corrected chi connectivity index (χ0v) is 26.4. The van der Waals surface area contributed by atoms with Crippen LogP contribution in [0.5, 0.6) is 5.75 Å². The van der Waals surface area contributed by atoms with Crippen LogP contribution in [0.3, 0.4) is 0 Å². The number of carbonyl (C=O) groups excluding carboxylic acids is 1. The summed E-state index contributed by atoms with van der Waals surface area (Å²) in [5.74, 6) is -0.654. The van der Waals surface area contributed by atoms with Crippen LogP contribution in [0.2, 0.25) is 0 Å². The van der Waals surface area contributed by atoms with Crippen LogP contribution in [0.25, 0.3) is 11.1 Å². The molecule has 0 bridgehead atoms. The highest BCUT2D eigenvalue weighted by molar-refractivity contribution is 5.87. The maximum Gasteiger partial charge on any atom is 0.326 e. The average molecular weight is 599 g/mol. The summed E-state index contributed by atoms with van der Waals surface area (Å²) in [7, 11) is 1.68. The number of methoxy groups -OCH3 is 1. The Hall–Kier alpha value is -3.65. The molecule has 0 radical (unpaired) electrons. The lowest BCUT2D eigenvalue weighted by Crippen LogP contribution is -2.49. The number of ether oxygens (including phenoxy) is 1. The van der Waals surface area contributed by atoms with Crippen LogP contribution >= 0.6 is 0 Å². The molecule has 2 aromatic carbocycles. The van der Waals surface area contributed by atoms with E-state index in [4.69, 9.17) is 4.74 Å². The van der Waals surface area contributed by atoms with Gasteiger partial charge in [0, 0.05) is 41.7 Å². The first kappa shape index (κ1) is 30.4. The second-order valence-corrected chi connectivity index (χ2v) is 14.0. The van der Waals surface area contributed by atoms with Crippen molar-refractivity contribution >= 4 is 11.9 Å². The van der Waals surface area contributed by atoms with E-state index in [0.29, 0.717) is 12.6 Å². The lowest BCUT2D eigenvalue weighted by molar-refractivity contribution is -0.154. The Kier molecular flexibility index (Phi) is 8.55. The van der Waals surface area contributed by atoms with Gasteiger partial charge in [0.05, 0.1) is 25.4 Å². The lowest BCUT2D eigenvalue weighted by Gasteiger charge is -2.36. The van der Waals surface area contributed by atoms with Gasteiger partial charge in [-0.3, -0.25) is 9.48 Å². The molecule has 4 atom stereocenters. The predicted molar refractivity (Wildman–Crippen MR) is 170 cm³/mol. The van der Waals surface area contributed by atoms with Crippen molar-refractivity contribution in [3.05, 3.63) is 72.1 Å². The Morgan fingerprint density at radius 1 is 1.00 bits per heavy atom. The van der Waals surface area contributed by atoms with E-state index in [-0.39, 0.29) is 23.8 Å². The number of nitrogens with zero attached hydrogens (tertiary/aromatic N) is 3. The number of hydrogen-bond donors (Lipinski definition) is 2. The van der Waals surface area contributed by atoms with Crippen LogP contribution in [0.1, 0.15) is 88.9 Å². The summed E-state index contributed by atoms with van der Waals surface area (Å²) in [6.45, 7) is 6.75. The van der Waals surface area contributed by atoms with Crippen LogP contribution in [0.4, 0.5) is 0 Å². The fourth-order valence-electron chi connectivity index (χ4n) is 7.64. The lowest BCUT2D eigenvalue weighted by atomic mass is 9.72. The molecule has 0 unspecified atom stereocenters. The van der Waals surface area contributed by atoms with Crippen molar-refractivity contribution < 1.29 is 19.4 Å². The minimum Gasteiger partial charge on any atom is -0.496 e. The second-order valence-electron chi connectivity index (χ2n) is 14.0. The molecular formula is C36H46N4O4. The Balaban J connectivity index is 1.38. The molecule has 1 amide bonds. The van der Waals surface area contributed by atoms with Gasteiger partial charge in [-0.1, -0.05) is 76.4 Å². The first-order valence-electron chi connectivity index (χ1n) is 16.2. The van der Waals surface area contributed by atoms with Gasteiger partial charge >= 0.3 is 5.97 Å². The topological polar surface area (TPSA) is 96.7 Å². The van der Waals surface area contributed by atoms with Crippen LogP contribution in [-0.4, -0.2) is 50.9 Å². The summed E-state index contributed by atoms with van der Waals surface area (Å²) in [6.07, 6.45) is 11.2. The number of hydrogen-bond acceptors (Lipinski definition) is 5. The quantitative estimate of drug-likeness (QED) is 0.287. The maximum absolute atomic E-state index is 14.4. The summed E-state index contributed by atoms with van der Waals surface area (Å²) < 4.78 is 7.84. The van der Waals surface area contributed by atoms with Crippen molar-refractivity contribution in [3.63, 3.8) is 0 Å². The third-order valence-electron chi connectivity index (χ3n) is 9.93. The Morgan fingerprint density at radius 2 is 1.73 bits per heavy atom. The third kappa shape index (κ3) is 6.01. The van der Waals surface area contributed by atoms with Gasteiger partial charge in [0.15, 0.2) is 0 Å². The van der Waals surface area contributed by atoms with Crippen molar-refractivity contribution in [2.75, 3.05) is 7.11 Å². The minimum absolute atomic E-state index is 0.0169. The van der Waals surface area contributed by atoms with E-state index >= 15 is 0 Å². The molecule has 3 aliphatic rings. The van der Waals surface area contributed by atoms with Crippen molar-refractivity contribution in [2.45, 2.75) is 96.4 Å². The molecule has 3 aromatic rings. The maximum atomic E-state index is 14.4. The van der Waals surface area contributed by atoms with E-state index in [2.05, 4.69) is 54.2 Å². The summed E-state index contributed by atoms with van der Waals surface area (Å²) in [5, 5.41) is 19.2. The van der Waals surface area contributed by atoms with Gasteiger partial charge in [-0.2, -0.15) is 5.10 Å². The van der Waals surface area contributed by atoms with Crippen LogP contribution < -0.4 is 10.1 Å². The van der Waals surface area contributed by atoms with Crippen molar-refractivity contribution in [2.24, 2.45) is 17.3 Å². The van der Waals surface area contributed by atoms with E-state index in [1.54, 1.807) is 12.0 Å². The smallest absolute Gasteiger partial charge is 0.326 e. The van der Waals surface area contributed by atoms with Gasteiger partial charge in [-0.05, 0) is 54.4 Å². The molecule has 2 N–H and O–H groups in total. The summed E-state index contributed by atoms with van der Waals surface area (Å²) in [5.41, 5.74) is 3.67. The zero-order chi connectivity index (χ0) is 31.0. The number of carbonyl (C=O) groups is 2. The fraction of sp³-hybridized carbons (Fsp3) is 0.528. The normalized spacial score (nSPS) is 24.4. The van der Waals surface area contributed by atoms with Crippen molar-refractivity contribution in [3.8, 4) is 16.9 Å². The number of benzene rings is 2. The van der Waals surface area contributed by atoms with Crippen LogP contribution in [-0.2, 0) is 16.1 Å². The highest BCUT2D eigenvalue weighted by atomic mass is 16.5. The molecule has 2 heterocycles. The largest absolute Gasteiger partial charge is 0.496 e.